The van der Waals surface area contributed by atoms with Crippen molar-refractivity contribution in [3.05, 3.63) is 24.0 Å². The summed E-state index contributed by atoms with van der Waals surface area (Å²) in [6, 6.07) is 3.72. The summed E-state index contributed by atoms with van der Waals surface area (Å²) in [5, 5.41) is 9.39. The Bertz CT molecular complexity index is 413. The van der Waals surface area contributed by atoms with E-state index in [9.17, 15) is 9.90 Å². The van der Waals surface area contributed by atoms with Crippen LogP contribution in [0.2, 0.25) is 0 Å². The smallest absolute Gasteiger partial charge is 0.270 e. The summed E-state index contributed by atoms with van der Waals surface area (Å²) in [5.41, 5.74) is 0.575. The molecule has 17 heavy (non-hydrogen) atoms. The van der Waals surface area contributed by atoms with Crippen LogP contribution >= 0.6 is 0 Å². The van der Waals surface area contributed by atoms with Crippen LogP contribution in [0.4, 0.5) is 0 Å². The molecule has 1 amide bonds. The Balaban J connectivity index is 2.13. The fourth-order valence-electron chi connectivity index (χ4n) is 2.46. The minimum atomic E-state index is -0.140. The molecule has 1 N–H and O–H groups in total. The van der Waals surface area contributed by atoms with E-state index in [1.807, 2.05) is 41.8 Å². The number of rotatable bonds is 2. The summed E-state index contributed by atoms with van der Waals surface area (Å²) < 4.78 is 1.84. The van der Waals surface area contributed by atoms with Gasteiger partial charge in [-0.3, -0.25) is 4.79 Å². The summed E-state index contributed by atoms with van der Waals surface area (Å²) in [5.74, 6) is 0.0666. The predicted molar refractivity (Wildman–Crippen MR) is 65.7 cm³/mol. The van der Waals surface area contributed by atoms with E-state index in [2.05, 4.69) is 0 Å². The highest BCUT2D eigenvalue weighted by Crippen LogP contribution is 2.29. The maximum absolute atomic E-state index is 12.3. The van der Waals surface area contributed by atoms with E-state index in [-0.39, 0.29) is 17.9 Å². The number of carbonyl (C=O) groups is 1. The molecule has 4 nitrogen and oxygen atoms in total. The van der Waals surface area contributed by atoms with Gasteiger partial charge in [-0.05, 0) is 25.0 Å². The van der Waals surface area contributed by atoms with Gasteiger partial charge >= 0.3 is 0 Å². The third-order valence-corrected chi connectivity index (χ3v) is 3.61. The van der Waals surface area contributed by atoms with Gasteiger partial charge in [0, 0.05) is 31.7 Å². The van der Waals surface area contributed by atoms with Gasteiger partial charge in [0.25, 0.3) is 5.91 Å². The molecular weight excluding hydrogens is 216 g/mol. The zero-order valence-corrected chi connectivity index (χ0v) is 10.5. The number of aryl methyl sites for hydroxylation is 1. The lowest BCUT2D eigenvalue weighted by atomic mass is 9.82. The number of carbonyl (C=O) groups excluding carboxylic acids is 1. The first kappa shape index (κ1) is 12.2. The summed E-state index contributed by atoms with van der Waals surface area (Å²) >= 11 is 0. The molecule has 0 aromatic carbocycles. The Morgan fingerprint density at radius 2 is 2.35 bits per heavy atom. The lowest BCUT2D eigenvalue weighted by Gasteiger charge is -2.39. The molecule has 1 saturated heterocycles. The van der Waals surface area contributed by atoms with Crippen LogP contribution in [0.5, 0.6) is 0 Å². The van der Waals surface area contributed by atoms with Crippen molar-refractivity contribution in [2.45, 2.75) is 19.8 Å². The second-order valence-electron chi connectivity index (χ2n) is 5.30. The molecule has 0 aliphatic carbocycles. The van der Waals surface area contributed by atoms with Gasteiger partial charge in [0.1, 0.15) is 5.69 Å². The first-order valence-electron chi connectivity index (χ1n) is 6.07. The van der Waals surface area contributed by atoms with Gasteiger partial charge in [-0.15, -0.1) is 0 Å². The molecule has 1 unspecified atom stereocenters. The third kappa shape index (κ3) is 2.36. The zero-order valence-electron chi connectivity index (χ0n) is 10.5. The van der Waals surface area contributed by atoms with E-state index in [4.69, 9.17) is 0 Å². The second-order valence-corrected chi connectivity index (χ2v) is 5.30. The molecule has 2 heterocycles. The van der Waals surface area contributed by atoms with Gasteiger partial charge in [-0.25, -0.2) is 0 Å². The molecular formula is C13H20N2O2. The van der Waals surface area contributed by atoms with Crippen molar-refractivity contribution in [1.29, 1.82) is 0 Å². The molecule has 0 spiro atoms. The molecule has 1 atom stereocenters. The van der Waals surface area contributed by atoms with Crippen LogP contribution in [-0.4, -0.2) is 40.2 Å². The minimum absolute atomic E-state index is 0.0666. The first-order valence-corrected chi connectivity index (χ1v) is 6.07. The molecule has 1 aromatic rings. The monoisotopic (exact) mass is 236 g/mol. The first-order chi connectivity index (χ1) is 8.06. The molecule has 2 rings (SSSR count). The van der Waals surface area contributed by atoms with E-state index in [1.165, 1.54) is 0 Å². The number of amides is 1. The van der Waals surface area contributed by atoms with Gasteiger partial charge in [-0.1, -0.05) is 6.92 Å². The van der Waals surface area contributed by atoms with Crippen LogP contribution < -0.4 is 0 Å². The number of aromatic nitrogens is 1. The van der Waals surface area contributed by atoms with Crippen molar-refractivity contribution in [2.24, 2.45) is 12.5 Å². The van der Waals surface area contributed by atoms with Gasteiger partial charge in [0.2, 0.25) is 0 Å². The van der Waals surface area contributed by atoms with Crippen molar-refractivity contribution < 1.29 is 9.90 Å². The highest BCUT2D eigenvalue weighted by molar-refractivity contribution is 5.92. The Labute approximate surface area is 102 Å². The quantitative estimate of drug-likeness (QED) is 0.840. The lowest BCUT2D eigenvalue weighted by molar-refractivity contribution is 0.0351. The van der Waals surface area contributed by atoms with Gasteiger partial charge in [0.05, 0.1) is 6.61 Å². The molecule has 1 aliphatic heterocycles. The van der Waals surface area contributed by atoms with E-state index in [1.54, 1.807) is 0 Å². The molecule has 1 fully saturated rings. The topological polar surface area (TPSA) is 45.5 Å². The minimum Gasteiger partial charge on any atom is -0.396 e. The number of aliphatic hydroxyl groups is 1. The summed E-state index contributed by atoms with van der Waals surface area (Å²) in [6.07, 6.45) is 3.83. The normalized spacial score (nSPS) is 25.0. The third-order valence-electron chi connectivity index (χ3n) is 3.61. The van der Waals surface area contributed by atoms with Gasteiger partial charge < -0.3 is 14.6 Å². The molecule has 94 valence electrons. The summed E-state index contributed by atoms with van der Waals surface area (Å²) in [4.78, 5) is 14.2. The van der Waals surface area contributed by atoms with Gasteiger partial charge in [-0.2, -0.15) is 0 Å². The second kappa shape index (κ2) is 4.53. The zero-order chi connectivity index (χ0) is 12.5. The number of piperidine rings is 1. The fourth-order valence-corrected chi connectivity index (χ4v) is 2.46. The van der Waals surface area contributed by atoms with Crippen LogP contribution in [0.25, 0.3) is 0 Å². The van der Waals surface area contributed by atoms with E-state index < -0.39 is 0 Å². The largest absolute Gasteiger partial charge is 0.396 e. The Morgan fingerprint density at radius 3 is 2.94 bits per heavy atom. The maximum atomic E-state index is 12.3. The average molecular weight is 236 g/mol. The maximum Gasteiger partial charge on any atom is 0.270 e. The standard InChI is InChI=1S/C13H20N2O2/c1-13(10-16)6-4-8-15(9-13)12(17)11-5-3-7-14(11)2/h3,5,7,16H,4,6,8-10H2,1-2H3. The van der Waals surface area contributed by atoms with E-state index in [0.29, 0.717) is 12.2 Å². The predicted octanol–water partition coefficient (Wildman–Crippen LogP) is 1.26. The van der Waals surface area contributed by atoms with Crippen molar-refractivity contribution in [3.63, 3.8) is 0 Å². The lowest BCUT2D eigenvalue weighted by Crippen LogP contribution is -2.46. The molecule has 4 heteroatoms. The highest BCUT2D eigenvalue weighted by Gasteiger charge is 2.33. The number of hydrogen-bond acceptors (Lipinski definition) is 2. The Hall–Kier alpha value is -1.29. The van der Waals surface area contributed by atoms with Crippen LogP contribution in [0.15, 0.2) is 18.3 Å². The summed E-state index contributed by atoms with van der Waals surface area (Å²) in [6.45, 7) is 3.62. The highest BCUT2D eigenvalue weighted by atomic mass is 16.3. The van der Waals surface area contributed by atoms with Crippen LogP contribution in [0.1, 0.15) is 30.3 Å². The van der Waals surface area contributed by atoms with E-state index >= 15 is 0 Å². The molecule has 1 aliphatic rings. The van der Waals surface area contributed by atoms with Crippen LogP contribution in [-0.2, 0) is 7.05 Å². The summed E-state index contributed by atoms with van der Waals surface area (Å²) in [7, 11) is 1.88. The molecule has 0 saturated carbocycles. The SMILES string of the molecule is Cn1cccc1C(=O)N1CCCC(C)(CO)C1. The number of nitrogens with zero attached hydrogens (tertiary/aromatic N) is 2. The average Bonchev–Trinajstić information content (AvgIpc) is 2.75. The van der Waals surface area contributed by atoms with Crippen molar-refractivity contribution >= 4 is 5.91 Å². The van der Waals surface area contributed by atoms with Crippen molar-refractivity contribution in [3.8, 4) is 0 Å². The van der Waals surface area contributed by atoms with E-state index in [0.717, 1.165) is 19.4 Å². The van der Waals surface area contributed by atoms with Crippen molar-refractivity contribution in [1.82, 2.24) is 9.47 Å². The molecule has 0 bridgehead atoms. The Kier molecular flexibility index (Phi) is 3.24. The van der Waals surface area contributed by atoms with Gasteiger partial charge in [0.15, 0.2) is 0 Å². The number of aliphatic hydroxyl groups excluding tert-OH is 1. The van der Waals surface area contributed by atoms with Crippen molar-refractivity contribution in [2.75, 3.05) is 19.7 Å². The number of likely N-dealkylation sites (tertiary alicyclic amines) is 1. The van der Waals surface area contributed by atoms with Crippen LogP contribution in [0, 0.1) is 5.41 Å². The fraction of sp³-hybridized carbons (Fsp3) is 0.615. The molecule has 0 radical (unpaired) electrons. The number of hydrogen-bond donors (Lipinski definition) is 1. The van der Waals surface area contributed by atoms with Crippen LogP contribution in [0.3, 0.4) is 0 Å². The Morgan fingerprint density at radius 1 is 1.59 bits per heavy atom. The molecule has 1 aromatic heterocycles.